The van der Waals surface area contributed by atoms with Gasteiger partial charge in [0.25, 0.3) is 0 Å². The highest BCUT2D eigenvalue weighted by Gasteiger charge is 2.21. The van der Waals surface area contributed by atoms with Gasteiger partial charge in [0.2, 0.25) is 11.8 Å². The van der Waals surface area contributed by atoms with Crippen LogP contribution in [0.1, 0.15) is 55.4 Å². The van der Waals surface area contributed by atoms with E-state index >= 15 is 0 Å². The Labute approximate surface area is 119 Å². The predicted molar refractivity (Wildman–Crippen MR) is 75.3 cm³/mol. The Morgan fingerprint density at radius 1 is 1.20 bits per heavy atom. The van der Waals surface area contributed by atoms with Gasteiger partial charge >= 0.3 is 0 Å². The molecule has 0 radical (unpaired) electrons. The van der Waals surface area contributed by atoms with Crippen LogP contribution in [0.3, 0.4) is 0 Å². The molecule has 20 heavy (non-hydrogen) atoms. The highest BCUT2D eigenvalue weighted by Crippen LogP contribution is 2.28. The van der Waals surface area contributed by atoms with Crippen molar-refractivity contribution in [2.45, 2.75) is 44.9 Å². The van der Waals surface area contributed by atoms with Gasteiger partial charge in [-0.3, -0.25) is 4.79 Å². The summed E-state index contributed by atoms with van der Waals surface area (Å²) in [5, 5.41) is 0. The van der Waals surface area contributed by atoms with E-state index in [0.717, 1.165) is 12.8 Å². The molecule has 1 fully saturated rings. The average Bonchev–Trinajstić information content (AvgIpc) is 2.75. The van der Waals surface area contributed by atoms with Gasteiger partial charge in [0.1, 0.15) is 0 Å². The standard InChI is InChI=1S/C15H22N2O3/c1-19-13-10-16-14(15(17-13)20-2)12(18)9-11-7-5-3-4-6-8-11/h10-11H,3-9H2,1-2H3. The van der Waals surface area contributed by atoms with Gasteiger partial charge in [0.15, 0.2) is 11.5 Å². The number of nitrogens with zero attached hydrogens (tertiary/aromatic N) is 2. The van der Waals surface area contributed by atoms with Gasteiger partial charge in [-0.2, -0.15) is 4.98 Å². The van der Waals surface area contributed by atoms with E-state index in [2.05, 4.69) is 9.97 Å². The Morgan fingerprint density at radius 2 is 1.90 bits per heavy atom. The Morgan fingerprint density at radius 3 is 2.50 bits per heavy atom. The number of carbonyl (C=O) groups is 1. The molecule has 110 valence electrons. The first-order valence-corrected chi connectivity index (χ1v) is 7.22. The van der Waals surface area contributed by atoms with Crippen LogP contribution >= 0.6 is 0 Å². The van der Waals surface area contributed by atoms with E-state index in [1.54, 1.807) is 0 Å². The number of carbonyl (C=O) groups excluding carboxylic acids is 1. The summed E-state index contributed by atoms with van der Waals surface area (Å²) in [6.07, 6.45) is 9.30. The Balaban J connectivity index is 2.07. The first-order valence-electron chi connectivity index (χ1n) is 7.22. The van der Waals surface area contributed by atoms with Crippen LogP contribution < -0.4 is 9.47 Å². The van der Waals surface area contributed by atoms with Gasteiger partial charge in [-0.25, -0.2) is 4.98 Å². The fraction of sp³-hybridized carbons (Fsp3) is 0.667. The maximum absolute atomic E-state index is 12.4. The molecule has 0 saturated heterocycles. The van der Waals surface area contributed by atoms with Gasteiger partial charge in [0.05, 0.1) is 20.4 Å². The zero-order valence-electron chi connectivity index (χ0n) is 12.2. The summed E-state index contributed by atoms with van der Waals surface area (Å²) in [6, 6.07) is 0. The molecule has 1 aromatic rings. The van der Waals surface area contributed by atoms with Crippen LogP contribution in [0.25, 0.3) is 0 Å². The maximum Gasteiger partial charge on any atom is 0.246 e. The number of rotatable bonds is 5. The smallest absolute Gasteiger partial charge is 0.246 e. The van der Waals surface area contributed by atoms with Crippen molar-refractivity contribution >= 4 is 5.78 Å². The molecule has 0 bridgehead atoms. The number of Topliss-reactive ketones (excluding diaryl/α,β-unsaturated/α-hetero) is 1. The van der Waals surface area contributed by atoms with Gasteiger partial charge < -0.3 is 9.47 Å². The van der Waals surface area contributed by atoms with E-state index in [9.17, 15) is 4.79 Å². The van der Waals surface area contributed by atoms with Gasteiger partial charge in [-0.15, -0.1) is 0 Å². The monoisotopic (exact) mass is 278 g/mol. The topological polar surface area (TPSA) is 61.3 Å². The second-order valence-corrected chi connectivity index (χ2v) is 5.26. The Bertz CT molecular complexity index is 454. The van der Waals surface area contributed by atoms with Crippen LogP contribution in [-0.2, 0) is 0 Å². The van der Waals surface area contributed by atoms with E-state index < -0.39 is 0 Å². The highest BCUT2D eigenvalue weighted by atomic mass is 16.5. The lowest BCUT2D eigenvalue weighted by Crippen LogP contribution is -2.12. The average molecular weight is 278 g/mol. The highest BCUT2D eigenvalue weighted by molar-refractivity contribution is 5.96. The minimum atomic E-state index is 0.0175. The van der Waals surface area contributed by atoms with E-state index in [-0.39, 0.29) is 11.7 Å². The first-order chi connectivity index (χ1) is 9.74. The quantitative estimate of drug-likeness (QED) is 0.612. The summed E-state index contributed by atoms with van der Waals surface area (Å²) >= 11 is 0. The second kappa shape index (κ2) is 7.22. The van der Waals surface area contributed by atoms with Crippen molar-refractivity contribution in [3.05, 3.63) is 11.9 Å². The maximum atomic E-state index is 12.4. The summed E-state index contributed by atoms with van der Waals surface area (Å²) < 4.78 is 10.1. The lowest BCUT2D eigenvalue weighted by atomic mass is 9.93. The van der Waals surface area contributed by atoms with Crippen molar-refractivity contribution in [2.24, 2.45) is 5.92 Å². The molecule has 5 nitrogen and oxygen atoms in total. The fourth-order valence-corrected chi connectivity index (χ4v) is 2.72. The molecular weight excluding hydrogens is 256 g/mol. The lowest BCUT2D eigenvalue weighted by molar-refractivity contribution is 0.0947. The van der Waals surface area contributed by atoms with Crippen LogP contribution in [0.5, 0.6) is 11.8 Å². The Kier molecular flexibility index (Phi) is 5.32. The van der Waals surface area contributed by atoms with Crippen molar-refractivity contribution in [2.75, 3.05) is 14.2 Å². The van der Waals surface area contributed by atoms with E-state index in [0.29, 0.717) is 23.9 Å². The number of ether oxygens (including phenoxy) is 2. The summed E-state index contributed by atoms with van der Waals surface area (Å²) in [5.74, 6) is 1.10. The number of ketones is 1. The van der Waals surface area contributed by atoms with Crippen molar-refractivity contribution in [3.8, 4) is 11.8 Å². The van der Waals surface area contributed by atoms with Crippen molar-refractivity contribution in [1.82, 2.24) is 9.97 Å². The molecule has 0 amide bonds. The van der Waals surface area contributed by atoms with Crippen LogP contribution in [-0.4, -0.2) is 30.0 Å². The SMILES string of the molecule is COc1cnc(C(=O)CC2CCCCCC2)c(OC)n1. The second-order valence-electron chi connectivity index (χ2n) is 5.26. The molecule has 1 aliphatic carbocycles. The predicted octanol–water partition coefficient (Wildman–Crippen LogP) is 3.04. The van der Waals surface area contributed by atoms with Gasteiger partial charge in [0, 0.05) is 6.42 Å². The summed E-state index contributed by atoms with van der Waals surface area (Å²) in [7, 11) is 3.00. The number of methoxy groups -OCH3 is 2. The third kappa shape index (κ3) is 3.68. The molecule has 1 heterocycles. The zero-order chi connectivity index (χ0) is 14.4. The third-order valence-corrected chi connectivity index (χ3v) is 3.83. The molecule has 5 heteroatoms. The summed E-state index contributed by atoms with van der Waals surface area (Å²) in [4.78, 5) is 20.6. The lowest BCUT2D eigenvalue weighted by Gasteiger charge is -2.13. The van der Waals surface area contributed by atoms with E-state index in [1.165, 1.54) is 46.1 Å². The molecule has 1 saturated carbocycles. The normalized spacial score (nSPS) is 16.5. The van der Waals surface area contributed by atoms with Crippen LogP contribution in [0.2, 0.25) is 0 Å². The molecule has 0 N–H and O–H groups in total. The summed E-state index contributed by atoms with van der Waals surface area (Å²) in [5.41, 5.74) is 0.317. The molecular formula is C15H22N2O3. The molecule has 0 unspecified atom stereocenters. The molecule has 0 aliphatic heterocycles. The molecule has 0 atom stereocenters. The molecule has 2 rings (SSSR count). The Hall–Kier alpha value is -1.65. The minimum absolute atomic E-state index is 0.0175. The van der Waals surface area contributed by atoms with Crippen molar-refractivity contribution < 1.29 is 14.3 Å². The van der Waals surface area contributed by atoms with Crippen molar-refractivity contribution in [3.63, 3.8) is 0 Å². The molecule has 0 spiro atoms. The first kappa shape index (κ1) is 14.8. The van der Waals surface area contributed by atoms with E-state index in [4.69, 9.17) is 9.47 Å². The molecule has 1 aromatic heterocycles. The number of hydrogen-bond donors (Lipinski definition) is 0. The van der Waals surface area contributed by atoms with E-state index in [1.807, 2.05) is 0 Å². The summed E-state index contributed by atoms with van der Waals surface area (Å²) in [6.45, 7) is 0. The number of aromatic nitrogens is 2. The minimum Gasteiger partial charge on any atom is -0.480 e. The third-order valence-electron chi connectivity index (χ3n) is 3.83. The molecule has 1 aliphatic rings. The number of hydrogen-bond acceptors (Lipinski definition) is 5. The zero-order valence-corrected chi connectivity index (χ0v) is 12.2. The molecule has 0 aromatic carbocycles. The van der Waals surface area contributed by atoms with Crippen LogP contribution in [0.4, 0.5) is 0 Å². The van der Waals surface area contributed by atoms with Gasteiger partial charge in [-0.05, 0) is 5.92 Å². The van der Waals surface area contributed by atoms with Crippen molar-refractivity contribution in [1.29, 1.82) is 0 Å². The fourth-order valence-electron chi connectivity index (χ4n) is 2.72. The largest absolute Gasteiger partial charge is 0.480 e. The van der Waals surface area contributed by atoms with Crippen LogP contribution in [0.15, 0.2) is 6.20 Å². The van der Waals surface area contributed by atoms with Gasteiger partial charge in [-0.1, -0.05) is 38.5 Å². The van der Waals surface area contributed by atoms with Crippen LogP contribution in [0, 0.1) is 5.92 Å².